The molecule has 0 bridgehead atoms. The van der Waals surface area contributed by atoms with Crippen LogP contribution in [0, 0.1) is 0 Å². The number of rotatable bonds is 8. The summed E-state index contributed by atoms with van der Waals surface area (Å²) in [6.07, 6.45) is 0. The van der Waals surface area contributed by atoms with Crippen LogP contribution in [0.5, 0.6) is 23.0 Å². The molecule has 0 aliphatic heterocycles. The Morgan fingerprint density at radius 3 is 1.21 bits per heavy atom. The SMILES string of the molecule is COc1ccc(C(C)=NCC(C)N)c([O-])c1.COc1ccc(C(C)=NCC(C)N)c([O-])c1.[O-2].[O-2].[O-2].[O-2].[V].[V]. The summed E-state index contributed by atoms with van der Waals surface area (Å²) in [4.78, 5) is 8.52. The molecule has 0 saturated carbocycles. The van der Waals surface area contributed by atoms with Crippen molar-refractivity contribution in [3.8, 4) is 23.0 Å². The monoisotopic (exact) mass is 608 g/mol. The maximum absolute atomic E-state index is 11.7. The zero-order chi connectivity index (χ0) is 24.3. The number of benzene rings is 2. The predicted octanol–water partition coefficient (Wildman–Crippen LogP) is 1.37. The third kappa shape index (κ3) is 17.4. The number of aliphatic imine (C=N–C) groups is 2. The van der Waals surface area contributed by atoms with Crippen molar-refractivity contribution >= 4 is 11.4 Å². The van der Waals surface area contributed by atoms with Crippen LogP contribution in [0.3, 0.4) is 0 Å². The van der Waals surface area contributed by atoms with Crippen molar-refractivity contribution in [1.82, 2.24) is 0 Å². The van der Waals surface area contributed by atoms with E-state index in [0.717, 1.165) is 0 Å². The molecule has 0 saturated heterocycles. The Kier molecular flexibility index (Phi) is 32.4. The molecule has 0 aliphatic rings. The minimum atomic E-state index is -0.0784. The molecule has 218 valence electrons. The molecule has 2 radical (unpaired) electrons. The minimum absolute atomic E-state index is 0. The topological polar surface area (TPSA) is 255 Å². The molecule has 0 fully saturated rings. The Balaban J connectivity index is -0.000000116. The first-order valence-electron chi connectivity index (χ1n) is 10.3. The van der Waals surface area contributed by atoms with E-state index in [-0.39, 0.29) is 82.6 Å². The van der Waals surface area contributed by atoms with Gasteiger partial charge in [0.2, 0.25) is 0 Å². The first-order valence-corrected chi connectivity index (χ1v) is 10.3. The van der Waals surface area contributed by atoms with Crippen molar-refractivity contribution in [3.05, 3.63) is 47.5 Å². The maximum atomic E-state index is 11.7. The van der Waals surface area contributed by atoms with E-state index < -0.39 is 0 Å². The van der Waals surface area contributed by atoms with E-state index >= 15 is 0 Å². The smallest absolute Gasteiger partial charge is 0.118 e. The number of nitrogens with two attached hydrogens (primary N) is 2. The van der Waals surface area contributed by atoms with Gasteiger partial charge in [-0.05, 0) is 63.1 Å². The summed E-state index contributed by atoms with van der Waals surface area (Å²) in [6, 6.07) is 9.87. The summed E-state index contributed by atoms with van der Waals surface area (Å²) in [5.41, 5.74) is 13.8. The Bertz CT molecular complexity index is 870. The van der Waals surface area contributed by atoms with E-state index in [1.54, 1.807) is 24.3 Å². The Labute approximate surface area is 248 Å². The first kappa shape index (κ1) is 48.9. The quantitative estimate of drug-likeness (QED) is 0.418. The van der Waals surface area contributed by atoms with Gasteiger partial charge >= 0.3 is 0 Å². The Morgan fingerprint density at radius 1 is 0.711 bits per heavy atom. The van der Waals surface area contributed by atoms with Gasteiger partial charge < -0.3 is 53.1 Å². The van der Waals surface area contributed by atoms with Gasteiger partial charge in [-0.15, -0.1) is 0 Å². The molecule has 2 aromatic carbocycles. The summed E-state index contributed by atoms with van der Waals surface area (Å²) in [5.74, 6) is 0.970. The van der Waals surface area contributed by atoms with Crippen LogP contribution < -0.4 is 31.2 Å². The molecule has 0 spiro atoms. The average Bonchev–Trinajstić information content (AvgIpc) is 2.75. The van der Waals surface area contributed by atoms with E-state index in [4.69, 9.17) is 20.9 Å². The molecule has 2 aromatic rings. The van der Waals surface area contributed by atoms with Crippen molar-refractivity contribution in [1.29, 1.82) is 0 Å². The molecule has 4 N–H and O–H groups in total. The number of nitrogens with zero attached hydrogens (tertiary/aromatic N) is 2. The van der Waals surface area contributed by atoms with Crippen LogP contribution in [0.2, 0.25) is 0 Å². The Hall–Kier alpha value is -2.09. The van der Waals surface area contributed by atoms with Crippen LogP contribution in [-0.4, -0.2) is 50.8 Å². The van der Waals surface area contributed by atoms with Crippen LogP contribution in [-0.2, 0) is 59.0 Å². The molecule has 12 nitrogen and oxygen atoms in total. The molecule has 2 atom stereocenters. The second-order valence-corrected chi connectivity index (χ2v) is 7.53. The standard InChI is InChI=1S/2C12H18N2O2.4O.2V/c2*1-8(13)7-14-9(2)11-5-4-10(16-3)6-12(11)15;;;;;;/h2*4-6,8,15H,7,13H2,1-3H3;;;;;;/q;;4*-2;;/p-2. The van der Waals surface area contributed by atoms with E-state index in [1.165, 1.54) is 26.4 Å². The number of methoxy groups -OCH3 is 2. The van der Waals surface area contributed by atoms with Gasteiger partial charge in [0.05, 0.1) is 27.3 Å². The molecular formula is C24H34N4O8V2-10. The van der Waals surface area contributed by atoms with Crippen LogP contribution >= 0.6 is 0 Å². The second kappa shape index (κ2) is 25.2. The third-order valence-electron chi connectivity index (χ3n) is 4.39. The van der Waals surface area contributed by atoms with Gasteiger partial charge in [-0.2, -0.15) is 0 Å². The molecular weight excluding hydrogens is 574 g/mol. The summed E-state index contributed by atoms with van der Waals surface area (Å²) >= 11 is 0. The molecule has 0 amide bonds. The fourth-order valence-corrected chi connectivity index (χ4v) is 2.59. The molecule has 38 heavy (non-hydrogen) atoms. The summed E-state index contributed by atoms with van der Waals surface area (Å²) in [6.45, 7) is 8.43. The van der Waals surface area contributed by atoms with Gasteiger partial charge in [-0.1, -0.05) is 23.6 Å². The number of ether oxygens (including phenoxy) is 2. The van der Waals surface area contributed by atoms with Crippen molar-refractivity contribution < 1.29 is 78.7 Å². The normalized spacial score (nSPS) is 11.5. The first-order chi connectivity index (χ1) is 15.1. The second-order valence-electron chi connectivity index (χ2n) is 7.53. The zero-order valence-electron chi connectivity index (χ0n) is 22.2. The van der Waals surface area contributed by atoms with Gasteiger partial charge in [-0.25, -0.2) is 0 Å². The molecule has 2 unspecified atom stereocenters. The van der Waals surface area contributed by atoms with Crippen molar-refractivity contribution in [3.63, 3.8) is 0 Å². The van der Waals surface area contributed by atoms with Gasteiger partial charge in [-0.3, -0.25) is 9.98 Å². The van der Waals surface area contributed by atoms with E-state index in [2.05, 4.69) is 9.98 Å². The zero-order valence-corrected chi connectivity index (χ0v) is 25.0. The Morgan fingerprint density at radius 2 is 1.00 bits per heavy atom. The van der Waals surface area contributed by atoms with Gasteiger partial charge in [0.1, 0.15) is 11.5 Å². The van der Waals surface area contributed by atoms with Crippen LogP contribution in [0.4, 0.5) is 0 Å². The van der Waals surface area contributed by atoms with Crippen molar-refractivity contribution in [2.75, 3.05) is 27.3 Å². The van der Waals surface area contributed by atoms with E-state index in [0.29, 0.717) is 47.1 Å². The van der Waals surface area contributed by atoms with Crippen LogP contribution in [0.25, 0.3) is 0 Å². The van der Waals surface area contributed by atoms with E-state index in [1.807, 2.05) is 27.7 Å². The fourth-order valence-electron chi connectivity index (χ4n) is 2.59. The predicted molar refractivity (Wildman–Crippen MR) is 129 cm³/mol. The van der Waals surface area contributed by atoms with Gasteiger partial charge in [0, 0.05) is 60.6 Å². The van der Waals surface area contributed by atoms with Gasteiger partial charge in [0.15, 0.2) is 0 Å². The van der Waals surface area contributed by atoms with Crippen molar-refractivity contribution in [2.45, 2.75) is 39.8 Å². The largest absolute Gasteiger partial charge is 2.00 e. The van der Waals surface area contributed by atoms with Crippen LogP contribution in [0.15, 0.2) is 46.4 Å². The molecule has 14 heteroatoms. The summed E-state index contributed by atoms with van der Waals surface area (Å²) in [5, 5.41) is 23.4. The van der Waals surface area contributed by atoms with Crippen molar-refractivity contribution in [2.24, 2.45) is 21.5 Å². The maximum Gasteiger partial charge on any atom is 0.118 e. The van der Waals surface area contributed by atoms with E-state index in [9.17, 15) is 10.2 Å². The summed E-state index contributed by atoms with van der Waals surface area (Å²) in [7, 11) is 3.07. The minimum Gasteiger partial charge on any atom is -2.00 e. The number of hydrogen-bond donors (Lipinski definition) is 2. The summed E-state index contributed by atoms with van der Waals surface area (Å²) < 4.78 is 9.94. The molecule has 0 heterocycles. The third-order valence-corrected chi connectivity index (χ3v) is 4.39. The fraction of sp³-hybridized carbons (Fsp3) is 0.417. The average molecular weight is 608 g/mol. The van der Waals surface area contributed by atoms with Crippen LogP contribution in [0.1, 0.15) is 38.8 Å². The number of hydrogen-bond acceptors (Lipinski definition) is 8. The molecule has 0 aliphatic carbocycles. The molecule has 0 aromatic heterocycles. The van der Waals surface area contributed by atoms with Gasteiger partial charge in [0.25, 0.3) is 0 Å². The molecule has 2 rings (SSSR count).